The molecule has 2 fully saturated rings. The highest BCUT2D eigenvalue weighted by Crippen LogP contribution is 2.47. The topological polar surface area (TPSA) is 53.9 Å². The van der Waals surface area contributed by atoms with E-state index in [2.05, 4.69) is 18.2 Å². The Bertz CT molecular complexity index is 373. The lowest BCUT2D eigenvalue weighted by atomic mass is 9.66. The number of rotatable bonds is 3. The molecule has 21 heavy (non-hydrogen) atoms. The molecule has 1 atom stereocenters. The second-order valence-corrected chi connectivity index (χ2v) is 9.53. The summed E-state index contributed by atoms with van der Waals surface area (Å²) in [4.78, 5) is 0. The Morgan fingerprint density at radius 3 is 2.05 bits per heavy atom. The molecule has 1 heterocycles. The molecule has 2 rings (SSSR count). The summed E-state index contributed by atoms with van der Waals surface area (Å²) in [5.41, 5.74) is 0.0153. The fourth-order valence-corrected chi connectivity index (χ4v) is 3.67. The highest BCUT2D eigenvalue weighted by Gasteiger charge is 2.47. The van der Waals surface area contributed by atoms with Gasteiger partial charge in [0, 0.05) is 18.3 Å². The first-order valence-corrected chi connectivity index (χ1v) is 9.05. The van der Waals surface area contributed by atoms with Gasteiger partial charge in [0.1, 0.15) is 16.1 Å². The summed E-state index contributed by atoms with van der Waals surface area (Å²) in [5.74, 6) is 0.118. The molecule has 0 bridgehead atoms. The van der Waals surface area contributed by atoms with E-state index in [-0.39, 0.29) is 15.9 Å². The van der Waals surface area contributed by atoms with Crippen molar-refractivity contribution in [3.63, 3.8) is 0 Å². The summed E-state index contributed by atoms with van der Waals surface area (Å²) in [6.07, 6.45) is 5.74. The van der Waals surface area contributed by atoms with Crippen LogP contribution in [0, 0.1) is 11.3 Å². The van der Waals surface area contributed by atoms with Crippen LogP contribution in [0.3, 0.4) is 0 Å². The number of hydrogen-bond acceptors (Lipinski definition) is 4. The van der Waals surface area contributed by atoms with E-state index < -0.39 is 11.4 Å². The normalized spacial score (nSPS) is 26.8. The van der Waals surface area contributed by atoms with Gasteiger partial charge in [-0.2, -0.15) is 0 Å². The Balaban J connectivity index is 2.07. The minimum Gasteiger partial charge on any atom is -0.591 e. The van der Waals surface area contributed by atoms with Gasteiger partial charge < -0.3 is 14.0 Å². The van der Waals surface area contributed by atoms with Crippen molar-refractivity contribution in [1.82, 2.24) is 0 Å². The van der Waals surface area contributed by atoms with Crippen LogP contribution in [-0.4, -0.2) is 34.5 Å². The summed E-state index contributed by atoms with van der Waals surface area (Å²) in [7, 11) is 0. The van der Waals surface area contributed by atoms with Gasteiger partial charge in [-0.3, -0.25) is 0 Å². The predicted molar refractivity (Wildman–Crippen MR) is 86.8 cm³/mol. The molecule has 1 saturated carbocycles. The molecule has 0 N–H and O–H groups in total. The van der Waals surface area contributed by atoms with Gasteiger partial charge in [-0.15, -0.1) is 0 Å². The maximum absolute atomic E-state index is 12.2. The molecular weight excluding hydrogens is 286 g/mol. The van der Waals surface area contributed by atoms with E-state index in [9.17, 15) is 4.55 Å². The van der Waals surface area contributed by atoms with E-state index in [0.717, 1.165) is 25.7 Å². The van der Waals surface area contributed by atoms with Crippen molar-refractivity contribution in [3.05, 3.63) is 0 Å². The van der Waals surface area contributed by atoms with E-state index in [1.807, 2.05) is 27.0 Å². The average Bonchev–Trinajstić information content (AvgIpc) is 2.85. The number of ether oxygens (including phenoxy) is 2. The van der Waals surface area contributed by atoms with Crippen LogP contribution >= 0.6 is 0 Å². The van der Waals surface area contributed by atoms with Crippen LogP contribution < -0.4 is 0 Å². The smallest absolute Gasteiger partial charge is 0.168 e. The fraction of sp³-hybridized carbons (Fsp3) is 0.938. The van der Waals surface area contributed by atoms with Gasteiger partial charge in [-0.1, -0.05) is 18.2 Å². The van der Waals surface area contributed by atoms with E-state index in [0.29, 0.717) is 19.1 Å². The molecule has 0 aromatic carbocycles. The van der Waals surface area contributed by atoms with Crippen LogP contribution in [-0.2, 0) is 20.8 Å². The van der Waals surface area contributed by atoms with E-state index >= 15 is 0 Å². The standard InChI is InChI=1S/C16H29NO3S/c1-13(2)15(12-17-21(18)14(3,4)5)6-8-16(9-7-15)19-10-11-20-16/h12-13H,6-11H2,1-5H3/b17-12-. The summed E-state index contributed by atoms with van der Waals surface area (Å²) < 4.78 is 27.9. The zero-order chi connectivity index (χ0) is 15.7. The SMILES string of the molecule is CC(C)C1(/C=N\[S+]([O-])C(C)(C)C)CCC2(CC1)OCCO2. The first kappa shape index (κ1) is 17.3. The molecule has 122 valence electrons. The van der Waals surface area contributed by atoms with Gasteiger partial charge in [-0.25, -0.2) is 0 Å². The number of hydrogen-bond donors (Lipinski definition) is 0. The third-order valence-corrected chi connectivity index (χ3v) is 6.18. The van der Waals surface area contributed by atoms with Crippen molar-refractivity contribution in [3.8, 4) is 0 Å². The largest absolute Gasteiger partial charge is 0.591 e. The molecule has 1 spiro atoms. The fourth-order valence-electron chi connectivity index (χ4n) is 3.05. The minimum absolute atomic E-state index is 0.0153. The molecule has 1 saturated heterocycles. The van der Waals surface area contributed by atoms with E-state index in [1.165, 1.54) is 0 Å². The molecule has 0 radical (unpaired) electrons. The second kappa shape index (κ2) is 6.19. The monoisotopic (exact) mass is 315 g/mol. The quantitative estimate of drug-likeness (QED) is 0.592. The highest BCUT2D eigenvalue weighted by molar-refractivity contribution is 7.91. The van der Waals surface area contributed by atoms with Gasteiger partial charge >= 0.3 is 0 Å². The molecule has 2 aliphatic rings. The van der Waals surface area contributed by atoms with Crippen LogP contribution in [0.15, 0.2) is 4.40 Å². The molecule has 0 aromatic rings. The van der Waals surface area contributed by atoms with Crippen molar-refractivity contribution >= 4 is 17.6 Å². The van der Waals surface area contributed by atoms with E-state index in [1.54, 1.807) is 0 Å². The summed E-state index contributed by atoms with van der Waals surface area (Å²) in [5, 5.41) is 0. The molecular formula is C16H29NO3S. The lowest BCUT2D eigenvalue weighted by Gasteiger charge is -2.43. The third kappa shape index (κ3) is 3.81. The van der Waals surface area contributed by atoms with Crippen molar-refractivity contribution in [2.45, 2.75) is 70.8 Å². The minimum atomic E-state index is -1.18. The van der Waals surface area contributed by atoms with Crippen LogP contribution in [0.4, 0.5) is 0 Å². The lowest BCUT2D eigenvalue weighted by molar-refractivity contribution is -0.188. The Morgan fingerprint density at radius 1 is 1.10 bits per heavy atom. The Hall–Kier alpha value is -0.100. The molecule has 4 nitrogen and oxygen atoms in total. The average molecular weight is 315 g/mol. The third-order valence-electron chi connectivity index (χ3n) is 4.84. The molecule has 1 aliphatic heterocycles. The van der Waals surface area contributed by atoms with Crippen LogP contribution in [0.5, 0.6) is 0 Å². The van der Waals surface area contributed by atoms with Crippen molar-refractivity contribution in [1.29, 1.82) is 0 Å². The summed E-state index contributed by atoms with van der Waals surface area (Å²) in [6, 6.07) is 0. The zero-order valence-electron chi connectivity index (χ0n) is 14.0. The van der Waals surface area contributed by atoms with Gasteiger partial charge in [-0.05, 0) is 39.5 Å². The lowest BCUT2D eigenvalue weighted by Crippen LogP contribution is -2.43. The Morgan fingerprint density at radius 2 is 1.62 bits per heavy atom. The van der Waals surface area contributed by atoms with Crippen LogP contribution in [0.2, 0.25) is 0 Å². The Kier molecular flexibility index (Phi) is 5.08. The van der Waals surface area contributed by atoms with Gasteiger partial charge in [0.25, 0.3) is 0 Å². The maximum Gasteiger partial charge on any atom is 0.168 e. The van der Waals surface area contributed by atoms with Gasteiger partial charge in [0.2, 0.25) is 0 Å². The molecule has 1 unspecified atom stereocenters. The van der Waals surface area contributed by atoms with Crippen LogP contribution in [0.25, 0.3) is 0 Å². The van der Waals surface area contributed by atoms with Crippen molar-refractivity contribution in [2.75, 3.05) is 13.2 Å². The van der Waals surface area contributed by atoms with Gasteiger partial charge in [0.05, 0.1) is 19.4 Å². The first-order valence-electron chi connectivity index (χ1n) is 7.94. The Labute approximate surface area is 132 Å². The summed E-state index contributed by atoms with van der Waals surface area (Å²) in [6.45, 7) is 11.7. The maximum atomic E-state index is 12.2. The first-order chi connectivity index (χ1) is 9.69. The number of nitrogens with zero attached hydrogens (tertiary/aromatic N) is 1. The molecule has 5 heteroatoms. The van der Waals surface area contributed by atoms with E-state index in [4.69, 9.17) is 9.47 Å². The van der Waals surface area contributed by atoms with Gasteiger partial charge in [0.15, 0.2) is 5.79 Å². The van der Waals surface area contributed by atoms with Crippen molar-refractivity contribution < 1.29 is 14.0 Å². The zero-order valence-corrected chi connectivity index (χ0v) is 14.8. The van der Waals surface area contributed by atoms with Crippen LogP contribution in [0.1, 0.15) is 60.3 Å². The predicted octanol–water partition coefficient (Wildman–Crippen LogP) is 3.48. The molecule has 1 aliphatic carbocycles. The second-order valence-electron chi connectivity index (χ2n) is 7.59. The highest BCUT2D eigenvalue weighted by atomic mass is 32.2. The molecule has 0 amide bonds. The molecule has 0 aromatic heterocycles. The van der Waals surface area contributed by atoms with Crippen molar-refractivity contribution in [2.24, 2.45) is 15.7 Å². The summed E-state index contributed by atoms with van der Waals surface area (Å²) >= 11 is -1.18.